The molecule has 110 valence electrons. The molecule has 0 aliphatic heterocycles. The molecule has 2 N–H and O–H groups in total. The first kappa shape index (κ1) is 15.8. The quantitative estimate of drug-likeness (QED) is 0.810. The summed E-state index contributed by atoms with van der Waals surface area (Å²) in [6, 6.07) is 11.4. The van der Waals surface area contributed by atoms with Crippen LogP contribution in [0.4, 0.5) is 14.9 Å². The van der Waals surface area contributed by atoms with Crippen molar-refractivity contribution in [3.05, 3.63) is 63.3 Å². The molecule has 0 radical (unpaired) electrons. The Balaban J connectivity index is 1.82. The van der Waals surface area contributed by atoms with Crippen molar-refractivity contribution in [1.82, 2.24) is 5.32 Å². The van der Waals surface area contributed by atoms with Crippen LogP contribution in [0.2, 0.25) is 5.02 Å². The highest BCUT2D eigenvalue weighted by atomic mass is 79.9. The summed E-state index contributed by atoms with van der Waals surface area (Å²) in [6.45, 7) is 0.435. The van der Waals surface area contributed by atoms with E-state index in [-0.39, 0.29) is 5.69 Å². The molecular formula is C15H13BrClFN2O. The molecule has 3 nitrogen and oxygen atoms in total. The first-order valence-corrected chi connectivity index (χ1v) is 7.46. The van der Waals surface area contributed by atoms with Gasteiger partial charge in [-0.2, -0.15) is 0 Å². The van der Waals surface area contributed by atoms with Gasteiger partial charge in [0.15, 0.2) is 0 Å². The van der Waals surface area contributed by atoms with Crippen LogP contribution in [0.15, 0.2) is 46.9 Å². The molecule has 0 fully saturated rings. The second-order valence-corrected chi connectivity index (χ2v) is 5.74. The van der Waals surface area contributed by atoms with E-state index in [0.717, 1.165) is 5.56 Å². The minimum atomic E-state index is -0.491. The zero-order chi connectivity index (χ0) is 15.2. The van der Waals surface area contributed by atoms with Crippen LogP contribution >= 0.6 is 27.5 Å². The maximum absolute atomic E-state index is 13.6. The number of amides is 2. The number of halogens is 3. The molecule has 0 heterocycles. The average molecular weight is 372 g/mol. The highest BCUT2D eigenvalue weighted by Gasteiger charge is 2.06. The van der Waals surface area contributed by atoms with Crippen molar-refractivity contribution in [2.75, 3.05) is 11.9 Å². The van der Waals surface area contributed by atoms with E-state index in [1.54, 1.807) is 12.1 Å². The van der Waals surface area contributed by atoms with Crippen LogP contribution in [0.3, 0.4) is 0 Å². The number of benzene rings is 2. The Hall–Kier alpha value is -1.59. The lowest BCUT2D eigenvalue weighted by atomic mass is 10.1. The summed E-state index contributed by atoms with van der Waals surface area (Å²) in [5, 5.41) is 5.79. The van der Waals surface area contributed by atoms with Gasteiger partial charge in [0.05, 0.1) is 5.69 Å². The molecule has 0 aliphatic rings. The second kappa shape index (κ2) is 7.43. The predicted octanol–water partition coefficient (Wildman–Crippen LogP) is 4.61. The molecule has 0 unspecified atom stereocenters. The highest BCUT2D eigenvalue weighted by Crippen LogP contribution is 2.19. The molecule has 2 rings (SSSR count). The first-order chi connectivity index (χ1) is 10.0. The topological polar surface area (TPSA) is 41.1 Å². The Bertz CT molecular complexity index is 651. The minimum absolute atomic E-state index is 0.137. The molecule has 0 aliphatic carbocycles. The third-order valence-corrected chi connectivity index (χ3v) is 3.50. The molecule has 6 heteroatoms. The fraction of sp³-hybridized carbons (Fsp3) is 0.133. The largest absolute Gasteiger partial charge is 0.338 e. The van der Waals surface area contributed by atoms with Gasteiger partial charge in [-0.05, 0) is 42.3 Å². The van der Waals surface area contributed by atoms with Gasteiger partial charge in [0, 0.05) is 16.0 Å². The Kier molecular flexibility index (Phi) is 5.59. The van der Waals surface area contributed by atoms with Gasteiger partial charge in [0.2, 0.25) is 0 Å². The molecular weight excluding hydrogens is 359 g/mol. The van der Waals surface area contributed by atoms with E-state index in [2.05, 4.69) is 26.6 Å². The van der Waals surface area contributed by atoms with Crippen molar-refractivity contribution in [2.24, 2.45) is 0 Å². The molecule has 2 aromatic rings. The SMILES string of the molecule is O=C(NCCc1cccc(Cl)c1)Nc1ccc(Br)cc1F. The van der Waals surface area contributed by atoms with Crippen LogP contribution in [-0.2, 0) is 6.42 Å². The van der Waals surface area contributed by atoms with Gasteiger partial charge < -0.3 is 10.6 Å². The van der Waals surface area contributed by atoms with Crippen LogP contribution in [0.5, 0.6) is 0 Å². The normalized spacial score (nSPS) is 10.2. The Morgan fingerprint density at radius 2 is 2.05 bits per heavy atom. The number of carbonyl (C=O) groups excluding carboxylic acids is 1. The van der Waals surface area contributed by atoms with Crippen LogP contribution in [0.25, 0.3) is 0 Å². The summed E-state index contributed by atoms with van der Waals surface area (Å²) >= 11 is 9.04. The van der Waals surface area contributed by atoms with Gasteiger partial charge in [0.1, 0.15) is 5.82 Å². The maximum atomic E-state index is 13.6. The van der Waals surface area contributed by atoms with E-state index in [4.69, 9.17) is 11.6 Å². The summed E-state index contributed by atoms with van der Waals surface area (Å²) in [5.41, 5.74) is 1.16. The average Bonchev–Trinajstić information content (AvgIpc) is 2.42. The monoisotopic (exact) mass is 370 g/mol. The standard InChI is InChI=1S/C15H13BrClFN2O/c16-11-4-5-14(13(18)9-11)20-15(21)19-7-6-10-2-1-3-12(17)8-10/h1-5,8-9H,6-7H2,(H2,19,20,21). The number of hydrogen-bond acceptors (Lipinski definition) is 1. The Labute approximate surface area is 135 Å². The molecule has 0 atom stereocenters. The summed E-state index contributed by atoms with van der Waals surface area (Å²) in [6.07, 6.45) is 0.650. The van der Waals surface area contributed by atoms with E-state index in [0.29, 0.717) is 22.5 Å². The van der Waals surface area contributed by atoms with Gasteiger partial charge in [0.25, 0.3) is 0 Å². The van der Waals surface area contributed by atoms with Gasteiger partial charge >= 0.3 is 6.03 Å². The van der Waals surface area contributed by atoms with Crippen molar-refractivity contribution < 1.29 is 9.18 Å². The van der Waals surface area contributed by atoms with Crippen LogP contribution < -0.4 is 10.6 Å². The fourth-order valence-electron chi connectivity index (χ4n) is 1.77. The lowest BCUT2D eigenvalue weighted by molar-refractivity contribution is 0.252. The van der Waals surface area contributed by atoms with Crippen molar-refractivity contribution in [3.63, 3.8) is 0 Å². The van der Waals surface area contributed by atoms with Crippen molar-refractivity contribution >= 4 is 39.2 Å². The number of urea groups is 1. The van der Waals surface area contributed by atoms with Gasteiger partial charge in [-0.15, -0.1) is 0 Å². The smallest absolute Gasteiger partial charge is 0.319 e. The molecule has 2 aromatic carbocycles. The van der Waals surface area contributed by atoms with E-state index >= 15 is 0 Å². The van der Waals surface area contributed by atoms with E-state index in [1.807, 2.05) is 18.2 Å². The van der Waals surface area contributed by atoms with Gasteiger partial charge in [-0.25, -0.2) is 9.18 Å². The molecule has 0 spiro atoms. The van der Waals surface area contributed by atoms with Crippen molar-refractivity contribution in [3.8, 4) is 0 Å². The molecule has 0 aromatic heterocycles. The van der Waals surface area contributed by atoms with E-state index in [1.165, 1.54) is 12.1 Å². The lowest BCUT2D eigenvalue weighted by Crippen LogP contribution is -2.30. The third-order valence-electron chi connectivity index (χ3n) is 2.77. The molecule has 0 saturated heterocycles. The zero-order valence-electron chi connectivity index (χ0n) is 11.0. The number of hydrogen-bond donors (Lipinski definition) is 2. The number of anilines is 1. The number of carbonyl (C=O) groups is 1. The Morgan fingerprint density at radius 1 is 1.24 bits per heavy atom. The highest BCUT2D eigenvalue weighted by molar-refractivity contribution is 9.10. The van der Waals surface area contributed by atoms with Gasteiger partial charge in [-0.3, -0.25) is 0 Å². The van der Waals surface area contributed by atoms with Crippen LogP contribution in [0, 0.1) is 5.82 Å². The fourth-order valence-corrected chi connectivity index (χ4v) is 2.32. The summed E-state index contributed by atoms with van der Waals surface area (Å²) in [7, 11) is 0. The Morgan fingerprint density at radius 3 is 2.76 bits per heavy atom. The second-order valence-electron chi connectivity index (χ2n) is 4.38. The summed E-state index contributed by atoms with van der Waals surface area (Å²) in [4.78, 5) is 11.7. The predicted molar refractivity (Wildman–Crippen MR) is 86.3 cm³/mol. The molecule has 21 heavy (non-hydrogen) atoms. The molecule has 0 saturated carbocycles. The first-order valence-electron chi connectivity index (χ1n) is 6.29. The number of nitrogens with one attached hydrogen (secondary N) is 2. The molecule has 0 bridgehead atoms. The van der Waals surface area contributed by atoms with Gasteiger partial charge in [-0.1, -0.05) is 39.7 Å². The zero-order valence-corrected chi connectivity index (χ0v) is 13.3. The lowest BCUT2D eigenvalue weighted by Gasteiger charge is -2.09. The van der Waals surface area contributed by atoms with Crippen molar-refractivity contribution in [2.45, 2.75) is 6.42 Å². The molecule has 2 amide bonds. The summed E-state index contributed by atoms with van der Waals surface area (Å²) in [5.74, 6) is -0.491. The number of rotatable bonds is 4. The maximum Gasteiger partial charge on any atom is 0.319 e. The third kappa shape index (κ3) is 5.02. The van der Waals surface area contributed by atoms with Crippen LogP contribution in [-0.4, -0.2) is 12.6 Å². The van der Waals surface area contributed by atoms with Crippen LogP contribution in [0.1, 0.15) is 5.56 Å². The summed E-state index contributed by atoms with van der Waals surface area (Å²) < 4.78 is 14.2. The minimum Gasteiger partial charge on any atom is -0.338 e. The van der Waals surface area contributed by atoms with E-state index in [9.17, 15) is 9.18 Å². The van der Waals surface area contributed by atoms with E-state index < -0.39 is 11.8 Å². The van der Waals surface area contributed by atoms with Crippen molar-refractivity contribution in [1.29, 1.82) is 0 Å².